The topological polar surface area (TPSA) is 114 Å². The summed E-state index contributed by atoms with van der Waals surface area (Å²) in [5.74, 6) is 1.23. The number of esters is 1. The Morgan fingerprint density at radius 2 is 1.57 bits per heavy atom. The van der Waals surface area contributed by atoms with Gasteiger partial charge < -0.3 is 28.4 Å². The van der Waals surface area contributed by atoms with Crippen molar-refractivity contribution >= 4 is 18.1 Å². The molecule has 35 heavy (non-hydrogen) atoms. The van der Waals surface area contributed by atoms with Crippen molar-refractivity contribution in [2.45, 2.75) is 0 Å². The lowest BCUT2D eigenvalue weighted by Gasteiger charge is -2.14. The van der Waals surface area contributed by atoms with Crippen LogP contribution in [0.3, 0.4) is 0 Å². The summed E-state index contributed by atoms with van der Waals surface area (Å²) in [7, 11) is 4.38. The van der Waals surface area contributed by atoms with Gasteiger partial charge in [-0.05, 0) is 42.5 Å². The van der Waals surface area contributed by atoms with Gasteiger partial charge in [-0.15, -0.1) is 0 Å². The highest BCUT2D eigenvalue weighted by Crippen LogP contribution is 2.38. The molecule has 0 atom stereocenters. The minimum atomic E-state index is -0.644. The van der Waals surface area contributed by atoms with E-state index in [0.717, 1.165) is 0 Å². The van der Waals surface area contributed by atoms with E-state index in [9.17, 15) is 9.59 Å². The van der Waals surface area contributed by atoms with Crippen LogP contribution in [0.5, 0.6) is 34.5 Å². The maximum atomic E-state index is 12.9. The molecule has 0 aliphatic carbocycles. The third-order valence-corrected chi connectivity index (χ3v) is 5.03. The fourth-order valence-electron chi connectivity index (χ4n) is 3.30. The first-order valence-corrected chi connectivity index (χ1v) is 10.4. The lowest BCUT2D eigenvalue weighted by molar-refractivity contribution is 0.0733. The van der Waals surface area contributed by atoms with Crippen molar-refractivity contribution in [2.75, 3.05) is 28.1 Å². The van der Waals surface area contributed by atoms with Gasteiger partial charge >= 0.3 is 5.97 Å². The predicted molar refractivity (Wildman–Crippen MR) is 125 cm³/mol. The zero-order valence-electron chi connectivity index (χ0n) is 19.2. The maximum absolute atomic E-state index is 12.9. The standard InChI is InChI=1S/C25H22N2O8/c1-30-21-11-17(12-22(31-2)23(21)32-3)25(29)35-18-7-5-4-6-16(18)13-26-27-24(28)15-8-9-19-20(10-15)34-14-33-19/h4-13H,14H2,1-3H3,(H,27,28)/b26-13+. The van der Waals surface area contributed by atoms with Gasteiger partial charge in [-0.25, -0.2) is 10.2 Å². The zero-order chi connectivity index (χ0) is 24.8. The van der Waals surface area contributed by atoms with Crippen molar-refractivity contribution in [2.24, 2.45) is 5.10 Å². The molecule has 3 aromatic carbocycles. The van der Waals surface area contributed by atoms with E-state index in [4.69, 9.17) is 28.4 Å². The molecular weight excluding hydrogens is 456 g/mol. The number of benzene rings is 3. The van der Waals surface area contributed by atoms with E-state index in [1.807, 2.05) is 0 Å². The molecule has 10 nitrogen and oxygen atoms in total. The summed E-state index contributed by atoms with van der Waals surface area (Å²) in [6.45, 7) is 0.115. The SMILES string of the molecule is COc1cc(C(=O)Oc2ccccc2/C=N/NC(=O)c2ccc3c(c2)OCO3)cc(OC)c1OC. The molecular formula is C25H22N2O8. The Kier molecular flexibility index (Phi) is 7.01. The van der Waals surface area contributed by atoms with Crippen LogP contribution in [0.25, 0.3) is 0 Å². The average Bonchev–Trinajstić information content (AvgIpc) is 3.36. The highest BCUT2D eigenvalue weighted by atomic mass is 16.7. The van der Waals surface area contributed by atoms with Gasteiger partial charge in [0.25, 0.3) is 5.91 Å². The van der Waals surface area contributed by atoms with Crippen LogP contribution in [0.15, 0.2) is 59.7 Å². The Labute approximate surface area is 201 Å². The molecule has 0 fully saturated rings. The molecule has 0 saturated heterocycles. The van der Waals surface area contributed by atoms with Crippen molar-refractivity contribution in [1.29, 1.82) is 0 Å². The number of methoxy groups -OCH3 is 3. The summed E-state index contributed by atoms with van der Waals surface area (Å²) in [6.07, 6.45) is 1.38. The Bertz CT molecular complexity index is 1260. The van der Waals surface area contributed by atoms with Crippen LogP contribution in [0.1, 0.15) is 26.3 Å². The average molecular weight is 478 g/mol. The van der Waals surface area contributed by atoms with E-state index in [0.29, 0.717) is 39.9 Å². The summed E-state index contributed by atoms with van der Waals surface area (Å²) >= 11 is 0. The van der Waals surface area contributed by atoms with Crippen molar-refractivity contribution in [3.63, 3.8) is 0 Å². The largest absolute Gasteiger partial charge is 0.493 e. The first kappa shape index (κ1) is 23.4. The molecule has 0 saturated carbocycles. The Balaban J connectivity index is 1.48. The molecule has 4 rings (SSSR count). The summed E-state index contributed by atoms with van der Waals surface area (Å²) in [6, 6.07) is 14.6. The lowest BCUT2D eigenvalue weighted by Crippen LogP contribution is -2.17. The van der Waals surface area contributed by atoms with Gasteiger partial charge in [0.05, 0.1) is 33.1 Å². The molecule has 180 valence electrons. The first-order valence-electron chi connectivity index (χ1n) is 10.4. The Morgan fingerprint density at radius 3 is 2.29 bits per heavy atom. The minimum Gasteiger partial charge on any atom is -0.493 e. The monoisotopic (exact) mass is 478 g/mol. The fraction of sp³-hybridized carbons (Fsp3) is 0.160. The van der Waals surface area contributed by atoms with E-state index < -0.39 is 11.9 Å². The van der Waals surface area contributed by atoms with Gasteiger partial charge in [0.15, 0.2) is 23.0 Å². The third kappa shape index (κ3) is 5.11. The molecule has 1 heterocycles. The smallest absolute Gasteiger partial charge is 0.343 e. The molecule has 0 aromatic heterocycles. The fourth-order valence-corrected chi connectivity index (χ4v) is 3.30. The molecule has 10 heteroatoms. The Morgan fingerprint density at radius 1 is 0.857 bits per heavy atom. The quantitative estimate of drug-likeness (QED) is 0.227. The summed E-state index contributed by atoms with van der Waals surface area (Å²) < 4.78 is 32.0. The second-order valence-corrected chi connectivity index (χ2v) is 7.11. The van der Waals surface area contributed by atoms with Crippen LogP contribution in [-0.2, 0) is 0 Å². The number of para-hydroxylation sites is 1. The van der Waals surface area contributed by atoms with Gasteiger partial charge in [0, 0.05) is 11.1 Å². The number of nitrogens with one attached hydrogen (secondary N) is 1. The number of amides is 1. The molecule has 1 N–H and O–H groups in total. The number of carbonyl (C=O) groups excluding carboxylic acids is 2. The number of fused-ring (bicyclic) bond motifs is 1. The van der Waals surface area contributed by atoms with Crippen LogP contribution >= 0.6 is 0 Å². The number of hydrogen-bond donors (Lipinski definition) is 1. The van der Waals surface area contributed by atoms with Crippen LogP contribution < -0.4 is 33.8 Å². The summed E-state index contributed by atoms with van der Waals surface area (Å²) in [5.41, 5.74) is 3.46. The van der Waals surface area contributed by atoms with Crippen LogP contribution in [-0.4, -0.2) is 46.2 Å². The number of rotatable bonds is 8. The van der Waals surface area contributed by atoms with Gasteiger partial charge in [-0.1, -0.05) is 12.1 Å². The number of hydrogen-bond acceptors (Lipinski definition) is 9. The number of hydrazone groups is 1. The summed E-state index contributed by atoms with van der Waals surface area (Å²) in [5, 5.41) is 3.99. The normalized spacial score (nSPS) is 11.7. The predicted octanol–water partition coefficient (Wildman–Crippen LogP) is 3.42. The minimum absolute atomic E-state index is 0.115. The second kappa shape index (κ2) is 10.5. The molecule has 0 bridgehead atoms. The van der Waals surface area contributed by atoms with Crippen LogP contribution in [0.2, 0.25) is 0 Å². The number of nitrogens with zero attached hydrogens (tertiary/aromatic N) is 1. The van der Waals surface area contributed by atoms with E-state index in [1.54, 1.807) is 42.5 Å². The maximum Gasteiger partial charge on any atom is 0.343 e. The molecule has 0 unspecified atom stereocenters. The molecule has 1 amide bonds. The number of carbonyl (C=O) groups is 2. The lowest BCUT2D eigenvalue weighted by atomic mass is 10.1. The zero-order valence-corrected chi connectivity index (χ0v) is 19.2. The van der Waals surface area contributed by atoms with Crippen molar-refractivity contribution < 1.29 is 38.0 Å². The van der Waals surface area contributed by atoms with Gasteiger partial charge in [0.2, 0.25) is 12.5 Å². The molecule has 0 spiro atoms. The van der Waals surface area contributed by atoms with Gasteiger partial charge in [-0.2, -0.15) is 5.10 Å². The van der Waals surface area contributed by atoms with Gasteiger partial charge in [0.1, 0.15) is 5.75 Å². The highest BCUT2D eigenvalue weighted by molar-refractivity contribution is 5.96. The second-order valence-electron chi connectivity index (χ2n) is 7.11. The molecule has 1 aliphatic heterocycles. The first-order chi connectivity index (χ1) is 17.0. The highest BCUT2D eigenvalue weighted by Gasteiger charge is 2.19. The Hall–Kier alpha value is -4.73. The van der Waals surface area contributed by atoms with Crippen molar-refractivity contribution in [3.05, 3.63) is 71.3 Å². The molecule has 1 aliphatic rings. The van der Waals surface area contributed by atoms with E-state index in [2.05, 4.69) is 10.5 Å². The molecule has 0 radical (unpaired) electrons. The van der Waals surface area contributed by atoms with Crippen molar-refractivity contribution in [1.82, 2.24) is 5.43 Å². The van der Waals surface area contributed by atoms with E-state index in [-0.39, 0.29) is 18.1 Å². The van der Waals surface area contributed by atoms with Crippen LogP contribution in [0, 0.1) is 0 Å². The third-order valence-electron chi connectivity index (χ3n) is 5.03. The summed E-state index contributed by atoms with van der Waals surface area (Å²) in [4.78, 5) is 25.3. The molecule has 3 aromatic rings. The van der Waals surface area contributed by atoms with Crippen molar-refractivity contribution in [3.8, 4) is 34.5 Å². The number of ether oxygens (including phenoxy) is 6. The van der Waals surface area contributed by atoms with Crippen LogP contribution in [0.4, 0.5) is 0 Å². The van der Waals surface area contributed by atoms with E-state index >= 15 is 0 Å². The van der Waals surface area contributed by atoms with E-state index in [1.165, 1.54) is 39.7 Å². The van der Waals surface area contributed by atoms with Gasteiger partial charge in [-0.3, -0.25) is 4.79 Å².